The summed E-state index contributed by atoms with van der Waals surface area (Å²) < 4.78 is 0. The molecule has 1 aromatic carbocycles. The normalized spacial score (nSPS) is 21.5. The molecule has 7 heteroatoms. The van der Waals surface area contributed by atoms with Crippen LogP contribution in [-0.2, 0) is 15.3 Å². The Kier molecular flexibility index (Phi) is 5.50. The predicted molar refractivity (Wildman–Crippen MR) is 81.4 cm³/mol. The molecule has 1 heterocycles. The lowest BCUT2D eigenvalue weighted by atomic mass is 10.2. The lowest BCUT2D eigenvalue weighted by Gasteiger charge is -2.20. The fraction of sp³-hybridized carbons (Fsp3) is 0.429. The van der Waals surface area contributed by atoms with Crippen molar-refractivity contribution >= 4 is 35.2 Å². The number of carbonyl (C=O) groups is 2. The van der Waals surface area contributed by atoms with Gasteiger partial charge in [0.05, 0.1) is 11.9 Å². The zero-order valence-corrected chi connectivity index (χ0v) is 12.8. The summed E-state index contributed by atoms with van der Waals surface area (Å²) in [7, 11) is 0. The van der Waals surface area contributed by atoms with Crippen molar-refractivity contribution in [2.75, 3.05) is 12.3 Å². The minimum absolute atomic E-state index is 0.0908. The highest BCUT2D eigenvalue weighted by Crippen LogP contribution is 2.21. The third kappa shape index (κ3) is 4.36. The number of amides is 1. The minimum atomic E-state index is -1.07. The number of benzene rings is 1. The van der Waals surface area contributed by atoms with Crippen LogP contribution in [0, 0.1) is 0 Å². The summed E-state index contributed by atoms with van der Waals surface area (Å²) in [5.74, 6) is -0.519. The number of nitrogens with zero attached hydrogens (tertiary/aromatic N) is 1. The van der Waals surface area contributed by atoms with Crippen molar-refractivity contribution in [3.8, 4) is 0 Å². The van der Waals surface area contributed by atoms with E-state index in [1.165, 1.54) is 16.7 Å². The third-order valence-electron chi connectivity index (χ3n) is 3.27. The van der Waals surface area contributed by atoms with Crippen LogP contribution in [0.15, 0.2) is 24.3 Å². The van der Waals surface area contributed by atoms with E-state index in [1.54, 1.807) is 6.07 Å². The van der Waals surface area contributed by atoms with Crippen LogP contribution in [-0.4, -0.2) is 51.4 Å². The van der Waals surface area contributed by atoms with Gasteiger partial charge in [0.25, 0.3) is 0 Å². The van der Waals surface area contributed by atoms with E-state index < -0.39 is 18.1 Å². The van der Waals surface area contributed by atoms with Gasteiger partial charge in [0.2, 0.25) is 5.91 Å². The van der Waals surface area contributed by atoms with E-state index in [1.807, 2.05) is 18.2 Å². The van der Waals surface area contributed by atoms with Crippen molar-refractivity contribution in [1.82, 2.24) is 4.90 Å². The first-order valence-electron chi connectivity index (χ1n) is 6.50. The van der Waals surface area contributed by atoms with Gasteiger partial charge in [-0.1, -0.05) is 23.7 Å². The summed E-state index contributed by atoms with van der Waals surface area (Å²) in [4.78, 5) is 24.4. The summed E-state index contributed by atoms with van der Waals surface area (Å²) in [6.07, 6.45) is -0.659. The molecule has 0 bridgehead atoms. The number of carboxylic acid groups (broad SMARTS) is 1. The van der Waals surface area contributed by atoms with Gasteiger partial charge in [0.15, 0.2) is 0 Å². The van der Waals surface area contributed by atoms with Crippen molar-refractivity contribution in [3.05, 3.63) is 34.9 Å². The SMILES string of the molecule is O=C(O)[C@@H]1C[C@H](O)CN1C(=O)CSCc1cccc(Cl)c1. The van der Waals surface area contributed by atoms with Crippen molar-refractivity contribution < 1.29 is 19.8 Å². The molecule has 0 saturated carbocycles. The molecular formula is C14H16ClNO4S. The van der Waals surface area contributed by atoms with Crippen LogP contribution in [0.4, 0.5) is 0 Å². The second-order valence-electron chi connectivity index (χ2n) is 4.91. The number of aliphatic hydroxyl groups excluding tert-OH is 1. The molecule has 1 fully saturated rings. The van der Waals surface area contributed by atoms with E-state index in [0.29, 0.717) is 10.8 Å². The largest absolute Gasteiger partial charge is 0.480 e. The molecule has 114 valence electrons. The highest BCUT2D eigenvalue weighted by Gasteiger charge is 2.38. The Labute approximate surface area is 131 Å². The van der Waals surface area contributed by atoms with Crippen LogP contribution in [0.1, 0.15) is 12.0 Å². The lowest BCUT2D eigenvalue weighted by molar-refractivity contribution is -0.147. The molecule has 1 aromatic rings. The number of hydrogen-bond donors (Lipinski definition) is 2. The third-order valence-corrected chi connectivity index (χ3v) is 4.49. The maximum absolute atomic E-state index is 12.1. The van der Waals surface area contributed by atoms with Crippen LogP contribution in [0.2, 0.25) is 5.02 Å². The molecule has 21 heavy (non-hydrogen) atoms. The van der Waals surface area contributed by atoms with E-state index >= 15 is 0 Å². The molecule has 1 aliphatic heterocycles. The Balaban J connectivity index is 1.85. The zero-order chi connectivity index (χ0) is 15.4. The van der Waals surface area contributed by atoms with Crippen LogP contribution in [0.3, 0.4) is 0 Å². The average Bonchev–Trinajstić information content (AvgIpc) is 2.81. The molecule has 0 spiro atoms. The van der Waals surface area contributed by atoms with Crippen LogP contribution in [0.5, 0.6) is 0 Å². The monoisotopic (exact) mass is 329 g/mol. The maximum atomic E-state index is 12.1. The molecule has 5 nitrogen and oxygen atoms in total. The summed E-state index contributed by atoms with van der Waals surface area (Å²) in [6, 6.07) is 6.46. The first kappa shape index (κ1) is 16.1. The minimum Gasteiger partial charge on any atom is -0.480 e. The summed E-state index contributed by atoms with van der Waals surface area (Å²) in [6.45, 7) is 0.0908. The highest BCUT2D eigenvalue weighted by molar-refractivity contribution is 7.99. The van der Waals surface area contributed by atoms with Crippen molar-refractivity contribution in [2.45, 2.75) is 24.3 Å². The van der Waals surface area contributed by atoms with Gasteiger partial charge in [-0.2, -0.15) is 0 Å². The summed E-state index contributed by atoms with van der Waals surface area (Å²) >= 11 is 7.28. The highest BCUT2D eigenvalue weighted by atomic mass is 35.5. The number of likely N-dealkylation sites (tertiary alicyclic amines) is 1. The van der Waals surface area contributed by atoms with Crippen molar-refractivity contribution in [2.24, 2.45) is 0 Å². The number of β-amino-alcohol motifs (C(OH)–C–C–N with tert-alkyl or cyclic N) is 1. The first-order chi connectivity index (χ1) is 9.97. The standard InChI is InChI=1S/C14H16ClNO4S/c15-10-3-1-2-9(4-10)7-21-8-13(18)16-6-11(17)5-12(16)14(19)20/h1-4,11-12,17H,5-8H2,(H,19,20)/t11-,12-/m0/s1. The van der Waals surface area contributed by atoms with Crippen LogP contribution in [0.25, 0.3) is 0 Å². The molecule has 1 saturated heterocycles. The van der Waals surface area contributed by atoms with Crippen molar-refractivity contribution in [1.29, 1.82) is 0 Å². The summed E-state index contributed by atoms with van der Waals surface area (Å²) in [5, 5.41) is 19.2. The second kappa shape index (κ2) is 7.15. The van der Waals surface area contributed by atoms with E-state index in [4.69, 9.17) is 16.7 Å². The topological polar surface area (TPSA) is 77.8 Å². The number of rotatable bonds is 5. The van der Waals surface area contributed by atoms with E-state index in [2.05, 4.69) is 0 Å². The van der Waals surface area contributed by atoms with E-state index in [9.17, 15) is 14.7 Å². The van der Waals surface area contributed by atoms with Gasteiger partial charge in [-0.05, 0) is 17.7 Å². The van der Waals surface area contributed by atoms with E-state index in [0.717, 1.165) is 5.56 Å². The molecule has 0 aliphatic carbocycles. The quantitative estimate of drug-likeness (QED) is 0.858. The number of aliphatic hydroxyl groups is 1. The van der Waals surface area contributed by atoms with Crippen molar-refractivity contribution in [3.63, 3.8) is 0 Å². The first-order valence-corrected chi connectivity index (χ1v) is 8.03. The molecule has 1 amide bonds. The molecule has 0 aromatic heterocycles. The Morgan fingerprint density at radius 2 is 2.19 bits per heavy atom. The van der Waals surface area contributed by atoms with Gasteiger partial charge >= 0.3 is 5.97 Å². The fourth-order valence-corrected chi connectivity index (χ4v) is 3.36. The van der Waals surface area contributed by atoms with Gasteiger partial charge in [0, 0.05) is 23.7 Å². The number of carboxylic acids is 1. The number of thioether (sulfide) groups is 1. The molecule has 0 radical (unpaired) electrons. The molecular weight excluding hydrogens is 314 g/mol. The molecule has 2 atom stereocenters. The number of hydrogen-bond acceptors (Lipinski definition) is 4. The Hall–Kier alpha value is -1.24. The van der Waals surface area contributed by atoms with Crippen LogP contribution >= 0.6 is 23.4 Å². The van der Waals surface area contributed by atoms with Gasteiger partial charge < -0.3 is 15.1 Å². The zero-order valence-electron chi connectivity index (χ0n) is 11.2. The van der Waals surface area contributed by atoms with Gasteiger partial charge in [0.1, 0.15) is 6.04 Å². The summed E-state index contributed by atoms with van der Waals surface area (Å²) in [5.41, 5.74) is 1.01. The number of halogens is 1. The number of carbonyl (C=O) groups excluding carboxylic acids is 1. The predicted octanol–water partition coefficient (Wildman–Crippen LogP) is 1.62. The Morgan fingerprint density at radius 1 is 1.43 bits per heavy atom. The van der Waals surface area contributed by atoms with Gasteiger partial charge in [-0.25, -0.2) is 4.79 Å². The lowest BCUT2D eigenvalue weighted by Crippen LogP contribution is -2.41. The molecule has 2 rings (SSSR count). The Morgan fingerprint density at radius 3 is 2.86 bits per heavy atom. The Bertz CT molecular complexity index is 539. The van der Waals surface area contributed by atoms with Gasteiger partial charge in [-0.15, -0.1) is 11.8 Å². The molecule has 0 unspecified atom stereocenters. The van der Waals surface area contributed by atoms with Gasteiger partial charge in [-0.3, -0.25) is 4.79 Å². The fourth-order valence-electron chi connectivity index (χ4n) is 2.29. The van der Waals surface area contributed by atoms with E-state index in [-0.39, 0.29) is 24.6 Å². The molecule has 1 aliphatic rings. The average molecular weight is 330 g/mol. The van der Waals surface area contributed by atoms with Crippen LogP contribution < -0.4 is 0 Å². The smallest absolute Gasteiger partial charge is 0.326 e. The second-order valence-corrected chi connectivity index (χ2v) is 6.33. The maximum Gasteiger partial charge on any atom is 0.326 e. The molecule has 2 N–H and O–H groups in total. The number of aliphatic carboxylic acids is 1.